The first-order valence-electron chi connectivity index (χ1n) is 4.91. The maximum Gasteiger partial charge on any atom is 0.340 e. The van der Waals surface area contributed by atoms with Crippen LogP contribution in [0.1, 0.15) is 0 Å². The Labute approximate surface area is 103 Å². The molecule has 0 saturated heterocycles. The fraction of sp³-hybridized carbons (Fsp3) is 0.200. The zero-order valence-corrected chi connectivity index (χ0v) is 9.94. The van der Waals surface area contributed by atoms with Crippen molar-refractivity contribution in [2.45, 2.75) is 6.10 Å². The number of hydrogen-bond acceptors (Lipinski definition) is 6. The van der Waals surface area contributed by atoms with Gasteiger partial charge in [0.05, 0.1) is 5.57 Å². The van der Waals surface area contributed by atoms with Crippen LogP contribution in [0, 0.1) is 0 Å². The third-order valence-corrected chi connectivity index (χ3v) is 2.39. The number of thiocarbonyl (C=S) groups is 1. The topological polar surface area (TPSA) is 78.0 Å². The highest BCUT2D eigenvalue weighted by Crippen LogP contribution is 2.16. The maximum atomic E-state index is 5.60. The lowest BCUT2D eigenvalue weighted by Crippen LogP contribution is -2.18. The van der Waals surface area contributed by atoms with Gasteiger partial charge in [-0.2, -0.15) is 4.98 Å². The molecule has 0 amide bonds. The maximum absolute atomic E-state index is 5.60. The van der Waals surface area contributed by atoms with Crippen molar-refractivity contribution in [3.63, 3.8) is 0 Å². The molecule has 1 heterocycles. The summed E-state index contributed by atoms with van der Waals surface area (Å²) < 4.78 is 5.55. The van der Waals surface area contributed by atoms with Crippen LogP contribution in [0.2, 0.25) is 0 Å². The van der Waals surface area contributed by atoms with Crippen molar-refractivity contribution < 1.29 is 4.74 Å². The van der Waals surface area contributed by atoms with E-state index in [4.69, 9.17) is 22.7 Å². The van der Waals surface area contributed by atoms with Crippen LogP contribution >= 0.6 is 12.2 Å². The van der Waals surface area contributed by atoms with Crippen LogP contribution in [0.15, 0.2) is 29.9 Å². The van der Waals surface area contributed by atoms with E-state index in [1.165, 1.54) is 4.79 Å². The Kier molecular flexibility index (Phi) is 3.22. The number of nitrogens with two attached hydrogens (primary N) is 1. The second kappa shape index (κ2) is 4.82. The van der Waals surface area contributed by atoms with Crippen LogP contribution in [-0.2, 0) is 0 Å². The molecule has 17 heavy (non-hydrogen) atoms. The normalized spacial score (nSPS) is 17.9. The molecule has 1 atom stereocenters. The number of hydrogen-bond donors (Lipinski definition) is 2. The molecule has 0 bridgehead atoms. The molecule has 7 heteroatoms. The first-order valence-corrected chi connectivity index (χ1v) is 5.32. The summed E-state index contributed by atoms with van der Waals surface area (Å²) >= 11 is 4.78. The van der Waals surface area contributed by atoms with Gasteiger partial charge in [0.1, 0.15) is 0 Å². The molecule has 0 spiro atoms. The van der Waals surface area contributed by atoms with E-state index in [0.29, 0.717) is 0 Å². The zero-order chi connectivity index (χ0) is 12.3. The van der Waals surface area contributed by atoms with E-state index in [0.717, 1.165) is 5.57 Å². The molecule has 0 fully saturated rings. The van der Waals surface area contributed by atoms with Crippen molar-refractivity contribution in [2.75, 3.05) is 18.2 Å². The molecule has 2 rings (SSSR count). The SMILES string of the molecule is CNn1nc(OC2C=CC=CC2=C=S)nc1N. The van der Waals surface area contributed by atoms with Gasteiger partial charge in [0, 0.05) is 7.05 Å². The molecular weight excluding hydrogens is 238 g/mol. The highest BCUT2D eigenvalue weighted by molar-refractivity contribution is 7.78. The zero-order valence-electron chi connectivity index (χ0n) is 9.12. The van der Waals surface area contributed by atoms with Crippen LogP contribution in [0.4, 0.5) is 5.95 Å². The Morgan fingerprint density at radius 1 is 1.59 bits per heavy atom. The van der Waals surface area contributed by atoms with E-state index in [1.54, 1.807) is 7.05 Å². The summed E-state index contributed by atoms with van der Waals surface area (Å²) in [6.45, 7) is 0. The van der Waals surface area contributed by atoms with E-state index in [9.17, 15) is 0 Å². The van der Waals surface area contributed by atoms with Gasteiger partial charge in [0.2, 0.25) is 5.95 Å². The molecule has 1 aliphatic rings. The number of ether oxygens (including phenoxy) is 1. The number of allylic oxidation sites excluding steroid dienone is 2. The van der Waals surface area contributed by atoms with Gasteiger partial charge in [0.25, 0.3) is 0 Å². The predicted octanol–water partition coefficient (Wildman–Crippen LogP) is 0.432. The number of aromatic nitrogens is 3. The summed E-state index contributed by atoms with van der Waals surface area (Å²) in [5, 5.41) is 6.64. The minimum absolute atomic E-state index is 0.185. The third-order valence-electron chi connectivity index (χ3n) is 2.15. The average molecular weight is 249 g/mol. The second-order valence-corrected chi connectivity index (χ2v) is 3.43. The summed E-state index contributed by atoms with van der Waals surface area (Å²) in [5.41, 5.74) is 9.09. The molecular formula is C10H11N5OS. The summed E-state index contributed by atoms with van der Waals surface area (Å²) in [7, 11) is 1.68. The van der Waals surface area contributed by atoms with Crippen molar-refractivity contribution in [2.24, 2.45) is 0 Å². The van der Waals surface area contributed by atoms with Crippen molar-refractivity contribution in [1.29, 1.82) is 0 Å². The lowest BCUT2D eigenvalue weighted by molar-refractivity contribution is 0.265. The van der Waals surface area contributed by atoms with E-state index in [1.807, 2.05) is 24.3 Å². The van der Waals surface area contributed by atoms with Gasteiger partial charge in [-0.1, -0.05) is 17.3 Å². The van der Waals surface area contributed by atoms with Gasteiger partial charge < -0.3 is 15.9 Å². The molecule has 0 radical (unpaired) electrons. The third kappa shape index (κ3) is 2.35. The first kappa shape index (κ1) is 11.4. The van der Waals surface area contributed by atoms with E-state index < -0.39 is 0 Å². The van der Waals surface area contributed by atoms with Gasteiger partial charge in [-0.25, -0.2) is 0 Å². The number of anilines is 1. The number of rotatable bonds is 3. The lowest BCUT2D eigenvalue weighted by atomic mass is 10.1. The van der Waals surface area contributed by atoms with Crippen LogP contribution in [0.3, 0.4) is 0 Å². The molecule has 1 aromatic heterocycles. The van der Waals surface area contributed by atoms with Gasteiger partial charge in [-0.05, 0) is 29.4 Å². The van der Waals surface area contributed by atoms with Crippen LogP contribution < -0.4 is 15.9 Å². The molecule has 1 aliphatic carbocycles. The van der Waals surface area contributed by atoms with Gasteiger partial charge >= 0.3 is 6.01 Å². The summed E-state index contributed by atoms with van der Waals surface area (Å²) in [5.74, 6) is 0.228. The Balaban J connectivity index is 2.17. The van der Waals surface area contributed by atoms with Crippen molar-refractivity contribution in [3.05, 3.63) is 29.9 Å². The molecule has 0 aliphatic heterocycles. The van der Waals surface area contributed by atoms with Gasteiger partial charge in [0.15, 0.2) is 6.10 Å². The summed E-state index contributed by atoms with van der Waals surface area (Å²) in [6.07, 6.45) is 7.06. The monoisotopic (exact) mass is 249 g/mol. The fourth-order valence-corrected chi connectivity index (χ4v) is 1.53. The van der Waals surface area contributed by atoms with E-state index >= 15 is 0 Å². The summed E-state index contributed by atoms with van der Waals surface area (Å²) in [4.78, 5) is 5.27. The van der Waals surface area contributed by atoms with Crippen molar-refractivity contribution in [3.8, 4) is 6.01 Å². The van der Waals surface area contributed by atoms with Crippen molar-refractivity contribution >= 4 is 23.2 Å². The van der Waals surface area contributed by atoms with E-state index in [2.05, 4.69) is 20.5 Å². The number of nitrogens with zero attached hydrogens (tertiary/aromatic N) is 3. The molecule has 0 aromatic carbocycles. The van der Waals surface area contributed by atoms with E-state index in [-0.39, 0.29) is 18.1 Å². The first-order chi connectivity index (χ1) is 8.24. The molecule has 6 nitrogen and oxygen atoms in total. The molecule has 0 saturated carbocycles. The van der Waals surface area contributed by atoms with Crippen LogP contribution in [0.25, 0.3) is 0 Å². The predicted molar refractivity (Wildman–Crippen MR) is 68.5 cm³/mol. The molecule has 1 aromatic rings. The largest absolute Gasteiger partial charge is 0.449 e. The molecule has 1 unspecified atom stereocenters. The van der Waals surface area contributed by atoms with Gasteiger partial charge in [-0.3, -0.25) is 0 Å². The Morgan fingerprint density at radius 2 is 2.41 bits per heavy atom. The quantitative estimate of drug-likeness (QED) is 0.756. The highest BCUT2D eigenvalue weighted by atomic mass is 32.1. The number of nitrogens with one attached hydrogen (secondary N) is 1. The standard InChI is InChI=1S/C10H11N5OS/c1-12-15-9(11)13-10(14-15)16-8-5-3-2-4-7(8)6-17/h2-5,8,12H,1H3,(H2,11,13,14). The molecule has 3 N–H and O–H groups in total. The second-order valence-electron chi connectivity index (χ2n) is 3.23. The lowest BCUT2D eigenvalue weighted by Gasteiger charge is -2.13. The van der Waals surface area contributed by atoms with Crippen molar-refractivity contribution in [1.82, 2.24) is 14.9 Å². The van der Waals surface area contributed by atoms with Crippen LogP contribution in [-0.4, -0.2) is 33.0 Å². The summed E-state index contributed by atoms with van der Waals surface area (Å²) in [6, 6.07) is 0.185. The minimum Gasteiger partial charge on any atom is -0.449 e. The Hall–Kier alpha value is -2.11. The Morgan fingerprint density at radius 3 is 3.06 bits per heavy atom. The Bertz CT molecular complexity index is 527. The smallest absolute Gasteiger partial charge is 0.340 e. The van der Waals surface area contributed by atoms with Gasteiger partial charge in [-0.15, -0.1) is 4.79 Å². The molecule has 88 valence electrons. The van der Waals surface area contributed by atoms with Crippen LogP contribution in [0.5, 0.6) is 6.01 Å². The minimum atomic E-state index is -0.329. The number of nitrogen functional groups attached to an aromatic ring is 1. The average Bonchev–Trinajstić information content (AvgIpc) is 2.70. The fourth-order valence-electron chi connectivity index (χ4n) is 1.35. The highest BCUT2D eigenvalue weighted by Gasteiger charge is 2.16.